The van der Waals surface area contributed by atoms with Crippen molar-refractivity contribution in [3.63, 3.8) is 0 Å². The van der Waals surface area contributed by atoms with Crippen molar-refractivity contribution in [3.05, 3.63) is 34.7 Å². The minimum Gasteiger partial charge on any atom is -0.386 e. The fourth-order valence-corrected chi connectivity index (χ4v) is 3.73. The normalized spacial score (nSPS) is 17.5. The summed E-state index contributed by atoms with van der Waals surface area (Å²) in [4.78, 5) is 15.0. The lowest BCUT2D eigenvalue weighted by Crippen LogP contribution is -2.63. The second-order valence-electron chi connectivity index (χ2n) is 5.29. The summed E-state index contributed by atoms with van der Waals surface area (Å²) >= 11 is 1.54. The first-order valence-electron chi connectivity index (χ1n) is 6.54. The Hall–Kier alpha value is -1.39. The van der Waals surface area contributed by atoms with E-state index >= 15 is 0 Å². The second-order valence-corrected chi connectivity index (χ2v) is 6.34. The predicted octanol–water partition coefficient (Wildman–Crippen LogP) is 2.81. The summed E-state index contributed by atoms with van der Waals surface area (Å²) in [5.41, 5.74) is 0.387. The van der Waals surface area contributed by atoms with Gasteiger partial charge in [-0.05, 0) is 30.4 Å². The molecule has 3 rings (SSSR count). The molecular formula is C15H17NO2S. The van der Waals surface area contributed by atoms with Gasteiger partial charge in [0.2, 0.25) is 0 Å². The fraction of sp³-hybridized carbons (Fsp3) is 0.400. The standard InChI is InChI=1S/C15H17NO2S/c1-3-15(18)8-16(9-15)14(17)13-10(2)11-6-4-5-7-12(11)19-13/h4-7,18H,3,8-9H2,1-2H3. The van der Waals surface area contributed by atoms with Crippen molar-refractivity contribution in [3.8, 4) is 0 Å². The molecule has 19 heavy (non-hydrogen) atoms. The van der Waals surface area contributed by atoms with E-state index in [4.69, 9.17) is 0 Å². The topological polar surface area (TPSA) is 40.5 Å². The van der Waals surface area contributed by atoms with Crippen molar-refractivity contribution in [2.45, 2.75) is 25.9 Å². The Morgan fingerprint density at radius 2 is 2.11 bits per heavy atom. The maximum atomic E-state index is 12.4. The predicted molar refractivity (Wildman–Crippen MR) is 77.7 cm³/mol. The van der Waals surface area contributed by atoms with Crippen LogP contribution in [-0.2, 0) is 0 Å². The number of hydrogen-bond acceptors (Lipinski definition) is 3. The van der Waals surface area contributed by atoms with Gasteiger partial charge >= 0.3 is 0 Å². The first kappa shape index (κ1) is 12.6. The van der Waals surface area contributed by atoms with Crippen LogP contribution < -0.4 is 0 Å². The molecule has 1 fully saturated rings. The van der Waals surface area contributed by atoms with E-state index in [1.807, 2.05) is 32.0 Å². The van der Waals surface area contributed by atoms with Crippen molar-refractivity contribution in [2.24, 2.45) is 0 Å². The lowest BCUT2D eigenvalue weighted by atomic mass is 9.91. The number of aryl methyl sites for hydroxylation is 1. The minimum absolute atomic E-state index is 0.0526. The third-order valence-electron chi connectivity index (χ3n) is 3.95. The zero-order valence-electron chi connectivity index (χ0n) is 11.1. The number of likely N-dealkylation sites (tertiary alicyclic amines) is 1. The van der Waals surface area contributed by atoms with Crippen LogP contribution >= 0.6 is 11.3 Å². The number of β-amino-alcohol motifs (C(OH)–C–C–N with tert-alkyl or cyclic N) is 1. The van der Waals surface area contributed by atoms with Crippen molar-refractivity contribution in [2.75, 3.05) is 13.1 Å². The number of carbonyl (C=O) groups excluding carboxylic acids is 1. The van der Waals surface area contributed by atoms with Gasteiger partial charge in [0.15, 0.2) is 0 Å². The Balaban J connectivity index is 1.89. The summed E-state index contributed by atoms with van der Waals surface area (Å²) in [6.07, 6.45) is 0.697. The van der Waals surface area contributed by atoms with Gasteiger partial charge in [-0.2, -0.15) is 0 Å². The maximum Gasteiger partial charge on any atom is 0.264 e. The summed E-state index contributed by atoms with van der Waals surface area (Å²) < 4.78 is 1.15. The minimum atomic E-state index is -0.666. The molecule has 4 heteroatoms. The van der Waals surface area contributed by atoms with E-state index < -0.39 is 5.60 Å². The Morgan fingerprint density at radius 1 is 1.42 bits per heavy atom. The zero-order valence-corrected chi connectivity index (χ0v) is 12.0. The van der Waals surface area contributed by atoms with Gasteiger partial charge in [-0.1, -0.05) is 25.1 Å². The van der Waals surface area contributed by atoms with Crippen LogP contribution in [0.2, 0.25) is 0 Å². The summed E-state index contributed by atoms with van der Waals surface area (Å²) in [6, 6.07) is 8.08. The van der Waals surface area contributed by atoms with Crippen molar-refractivity contribution in [1.29, 1.82) is 0 Å². The molecule has 0 spiro atoms. The molecule has 2 aromatic rings. The van der Waals surface area contributed by atoms with Crippen molar-refractivity contribution in [1.82, 2.24) is 4.90 Å². The Kier molecular flexibility index (Phi) is 2.87. The maximum absolute atomic E-state index is 12.4. The van der Waals surface area contributed by atoms with Crippen LogP contribution in [0.4, 0.5) is 0 Å². The quantitative estimate of drug-likeness (QED) is 0.915. The fourth-order valence-electron chi connectivity index (χ4n) is 2.55. The lowest BCUT2D eigenvalue weighted by Gasteiger charge is -2.46. The van der Waals surface area contributed by atoms with Crippen molar-refractivity contribution >= 4 is 27.3 Å². The van der Waals surface area contributed by atoms with Crippen LogP contribution in [0.1, 0.15) is 28.6 Å². The third kappa shape index (κ3) is 1.95. The van der Waals surface area contributed by atoms with E-state index in [1.165, 1.54) is 0 Å². The molecule has 1 aliphatic heterocycles. The molecule has 1 N–H and O–H groups in total. The van der Waals surface area contributed by atoms with Crippen LogP contribution in [-0.4, -0.2) is 34.6 Å². The number of amides is 1. The first-order valence-corrected chi connectivity index (χ1v) is 7.35. The highest BCUT2D eigenvalue weighted by atomic mass is 32.1. The Morgan fingerprint density at radius 3 is 2.74 bits per heavy atom. The summed E-state index contributed by atoms with van der Waals surface area (Å²) in [6.45, 7) is 4.86. The van der Waals surface area contributed by atoms with Gasteiger partial charge in [0, 0.05) is 4.70 Å². The highest BCUT2D eigenvalue weighted by molar-refractivity contribution is 7.21. The number of rotatable bonds is 2. The highest BCUT2D eigenvalue weighted by Gasteiger charge is 2.42. The summed E-state index contributed by atoms with van der Waals surface area (Å²) in [5.74, 6) is 0.0526. The van der Waals surface area contributed by atoms with Gasteiger partial charge in [0.1, 0.15) is 0 Å². The first-order chi connectivity index (χ1) is 9.04. The molecule has 0 atom stereocenters. The van der Waals surface area contributed by atoms with Crippen molar-refractivity contribution < 1.29 is 9.90 Å². The molecule has 3 nitrogen and oxygen atoms in total. The lowest BCUT2D eigenvalue weighted by molar-refractivity contribution is -0.0825. The van der Waals surface area contributed by atoms with E-state index in [1.54, 1.807) is 16.2 Å². The molecule has 100 valence electrons. The number of carbonyl (C=O) groups is 1. The summed E-state index contributed by atoms with van der Waals surface area (Å²) in [7, 11) is 0. The zero-order chi connectivity index (χ0) is 13.6. The largest absolute Gasteiger partial charge is 0.386 e. The Labute approximate surface area is 116 Å². The molecule has 0 unspecified atom stereocenters. The molecule has 0 bridgehead atoms. The van der Waals surface area contributed by atoms with Crippen LogP contribution in [0.5, 0.6) is 0 Å². The Bertz CT molecular complexity index is 641. The van der Waals surface area contributed by atoms with Crippen LogP contribution in [0.3, 0.4) is 0 Å². The monoisotopic (exact) mass is 275 g/mol. The van der Waals surface area contributed by atoms with E-state index in [0.717, 1.165) is 20.5 Å². The molecule has 0 saturated carbocycles. The number of thiophene rings is 1. The number of fused-ring (bicyclic) bond motifs is 1. The molecule has 1 amide bonds. The van der Waals surface area contributed by atoms with Gasteiger partial charge in [-0.25, -0.2) is 0 Å². The van der Waals surface area contributed by atoms with E-state index in [9.17, 15) is 9.90 Å². The molecule has 1 aromatic carbocycles. The smallest absolute Gasteiger partial charge is 0.264 e. The average Bonchev–Trinajstić information content (AvgIpc) is 2.72. The van der Waals surface area contributed by atoms with Gasteiger partial charge in [-0.15, -0.1) is 11.3 Å². The molecule has 2 heterocycles. The van der Waals surface area contributed by atoms with Gasteiger partial charge in [-0.3, -0.25) is 4.79 Å². The highest BCUT2D eigenvalue weighted by Crippen LogP contribution is 2.34. The van der Waals surface area contributed by atoms with E-state index in [0.29, 0.717) is 19.5 Å². The molecule has 1 aliphatic rings. The summed E-state index contributed by atoms with van der Waals surface area (Å²) in [5, 5.41) is 11.2. The van der Waals surface area contributed by atoms with Gasteiger partial charge in [0.25, 0.3) is 5.91 Å². The molecular weight excluding hydrogens is 258 g/mol. The van der Waals surface area contributed by atoms with Gasteiger partial charge < -0.3 is 10.0 Å². The number of benzene rings is 1. The molecule has 1 saturated heterocycles. The molecule has 0 radical (unpaired) electrons. The SMILES string of the molecule is CCC1(O)CN(C(=O)c2sc3ccccc3c2C)C1. The molecule has 1 aromatic heterocycles. The van der Waals surface area contributed by atoms with Crippen LogP contribution in [0.15, 0.2) is 24.3 Å². The third-order valence-corrected chi connectivity index (χ3v) is 5.21. The number of nitrogens with zero attached hydrogens (tertiary/aromatic N) is 1. The molecule has 0 aliphatic carbocycles. The van der Waals surface area contributed by atoms with Gasteiger partial charge in [0.05, 0.1) is 23.6 Å². The van der Waals surface area contributed by atoms with E-state index in [-0.39, 0.29) is 5.91 Å². The van der Waals surface area contributed by atoms with E-state index in [2.05, 4.69) is 6.07 Å². The van der Waals surface area contributed by atoms with Crippen LogP contribution in [0.25, 0.3) is 10.1 Å². The average molecular weight is 275 g/mol. The number of hydrogen-bond donors (Lipinski definition) is 1. The number of aliphatic hydroxyl groups is 1. The second kappa shape index (κ2) is 4.32. The van der Waals surface area contributed by atoms with Crippen LogP contribution in [0, 0.1) is 6.92 Å².